The summed E-state index contributed by atoms with van der Waals surface area (Å²) in [5.74, 6) is 0.331. The predicted molar refractivity (Wildman–Crippen MR) is 85.5 cm³/mol. The lowest BCUT2D eigenvalue weighted by atomic mass is 9.71. The average molecular weight is 317 g/mol. The molecule has 0 bridgehead atoms. The van der Waals surface area contributed by atoms with Gasteiger partial charge in [0.05, 0.1) is 18.8 Å². The van der Waals surface area contributed by atoms with Crippen LogP contribution in [0.1, 0.15) is 57.8 Å². The van der Waals surface area contributed by atoms with Crippen molar-refractivity contribution in [1.82, 2.24) is 4.90 Å². The van der Waals surface area contributed by atoms with Gasteiger partial charge < -0.3 is 15.4 Å². The highest BCUT2D eigenvalue weighted by atomic mass is 35.5. The summed E-state index contributed by atoms with van der Waals surface area (Å²) in [5.41, 5.74) is 6.11. The molecule has 1 saturated heterocycles. The number of amides is 1. The molecule has 1 aliphatic heterocycles. The lowest BCUT2D eigenvalue weighted by Crippen LogP contribution is -2.52. The van der Waals surface area contributed by atoms with Gasteiger partial charge in [0.25, 0.3) is 0 Å². The van der Waals surface area contributed by atoms with Crippen LogP contribution in [-0.2, 0) is 9.53 Å². The molecule has 3 rings (SSSR count). The fourth-order valence-corrected chi connectivity index (χ4v) is 4.41. The van der Waals surface area contributed by atoms with E-state index in [0.29, 0.717) is 37.6 Å². The van der Waals surface area contributed by atoms with Gasteiger partial charge in [-0.3, -0.25) is 4.79 Å². The van der Waals surface area contributed by atoms with Gasteiger partial charge in [-0.15, -0.1) is 12.4 Å². The minimum atomic E-state index is 0. The molecule has 0 spiro atoms. The zero-order valence-electron chi connectivity index (χ0n) is 12.9. The van der Waals surface area contributed by atoms with Crippen molar-refractivity contribution in [3.63, 3.8) is 0 Å². The van der Waals surface area contributed by atoms with Crippen LogP contribution in [0.2, 0.25) is 0 Å². The fourth-order valence-electron chi connectivity index (χ4n) is 4.41. The van der Waals surface area contributed by atoms with Crippen LogP contribution in [0.25, 0.3) is 0 Å². The Morgan fingerprint density at radius 2 is 1.95 bits per heavy atom. The molecule has 0 radical (unpaired) electrons. The second kappa shape index (κ2) is 7.30. The SMILES string of the molecule is Cl.NCC1(CC(=O)N2CCOC3CCCC32)CCCCC1. The molecule has 0 aromatic carbocycles. The standard InChI is InChI=1S/C16H28N2O2.ClH/c17-12-16(7-2-1-3-8-16)11-15(19)18-9-10-20-14-6-4-5-13(14)18;/h13-14H,1-12,17H2;1H. The van der Waals surface area contributed by atoms with E-state index in [1.54, 1.807) is 0 Å². The Kier molecular flexibility index (Phi) is 5.92. The molecular formula is C16H29ClN2O2. The van der Waals surface area contributed by atoms with Gasteiger partial charge in [0, 0.05) is 13.0 Å². The first-order valence-corrected chi connectivity index (χ1v) is 8.35. The lowest BCUT2D eigenvalue weighted by molar-refractivity contribution is -0.146. The number of hydrogen-bond donors (Lipinski definition) is 1. The number of rotatable bonds is 3. The van der Waals surface area contributed by atoms with E-state index in [0.717, 1.165) is 32.2 Å². The molecule has 0 aromatic heterocycles. The summed E-state index contributed by atoms with van der Waals surface area (Å²) >= 11 is 0. The van der Waals surface area contributed by atoms with Crippen molar-refractivity contribution >= 4 is 18.3 Å². The van der Waals surface area contributed by atoms with Gasteiger partial charge in [-0.1, -0.05) is 19.3 Å². The molecule has 21 heavy (non-hydrogen) atoms. The third kappa shape index (κ3) is 3.54. The highest BCUT2D eigenvalue weighted by molar-refractivity contribution is 5.85. The summed E-state index contributed by atoms with van der Waals surface area (Å²) in [5, 5.41) is 0. The maximum absolute atomic E-state index is 12.8. The summed E-state index contributed by atoms with van der Waals surface area (Å²) in [6.45, 7) is 2.15. The van der Waals surface area contributed by atoms with E-state index in [1.807, 2.05) is 0 Å². The van der Waals surface area contributed by atoms with Gasteiger partial charge in [0.2, 0.25) is 5.91 Å². The molecule has 2 unspecified atom stereocenters. The van der Waals surface area contributed by atoms with Crippen molar-refractivity contribution in [3.8, 4) is 0 Å². The molecule has 2 aliphatic carbocycles. The second-order valence-electron chi connectivity index (χ2n) is 6.94. The molecule has 122 valence electrons. The van der Waals surface area contributed by atoms with Crippen molar-refractivity contribution < 1.29 is 9.53 Å². The van der Waals surface area contributed by atoms with Crippen molar-refractivity contribution in [2.24, 2.45) is 11.1 Å². The monoisotopic (exact) mass is 316 g/mol. The van der Waals surface area contributed by atoms with Gasteiger partial charge in [0.1, 0.15) is 0 Å². The summed E-state index contributed by atoms with van der Waals surface area (Å²) in [7, 11) is 0. The zero-order valence-corrected chi connectivity index (χ0v) is 13.7. The normalized spacial score (nSPS) is 31.4. The van der Waals surface area contributed by atoms with Gasteiger partial charge in [-0.25, -0.2) is 0 Å². The molecule has 1 amide bonds. The van der Waals surface area contributed by atoms with Crippen molar-refractivity contribution in [2.75, 3.05) is 19.7 Å². The number of carbonyl (C=O) groups is 1. The number of carbonyl (C=O) groups excluding carboxylic acids is 1. The number of hydrogen-bond acceptors (Lipinski definition) is 3. The van der Waals surface area contributed by atoms with E-state index in [2.05, 4.69) is 4.90 Å². The van der Waals surface area contributed by atoms with E-state index in [1.165, 1.54) is 25.7 Å². The number of ether oxygens (including phenoxy) is 1. The molecule has 2 N–H and O–H groups in total. The fraction of sp³-hybridized carbons (Fsp3) is 0.938. The summed E-state index contributed by atoms with van der Waals surface area (Å²) < 4.78 is 5.81. The second-order valence-corrected chi connectivity index (χ2v) is 6.94. The van der Waals surface area contributed by atoms with Crippen LogP contribution < -0.4 is 5.73 Å². The first-order chi connectivity index (χ1) is 9.74. The Bertz CT molecular complexity index is 358. The number of nitrogens with two attached hydrogens (primary N) is 1. The average Bonchev–Trinajstić information content (AvgIpc) is 2.96. The van der Waals surface area contributed by atoms with Crippen LogP contribution in [-0.4, -0.2) is 42.6 Å². The highest BCUT2D eigenvalue weighted by Crippen LogP contribution is 2.40. The molecular weight excluding hydrogens is 288 g/mol. The summed E-state index contributed by atoms with van der Waals surface area (Å²) in [6.07, 6.45) is 10.4. The smallest absolute Gasteiger partial charge is 0.223 e. The van der Waals surface area contributed by atoms with E-state index in [-0.39, 0.29) is 17.8 Å². The van der Waals surface area contributed by atoms with Gasteiger partial charge in [0.15, 0.2) is 0 Å². The maximum atomic E-state index is 12.8. The quantitative estimate of drug-likeness (QED) is 0.870. The molecule has 2 atom stereocenters. The van der Waals surface area contributed by atoms with Crippen molar-refractivity contribution in [1.29, 1.82) is 0 Å². The molecule has 5 heteroatoms. The van der Waals surface area contributed by atoms with E-state index in [4.69, 9.17) is 10.5 Å². The number of fused-ring (bicyclic) bond motifs is 1. The Morgan fingerprint density at radius 1 is 1.19 bits per heavy atom. The van der Waals surface area contributed by atoms with Crippen molar-refractivity contribution in [3.05, 3.63) is 0 Å². The van der Waals surface area contributed by atoms with Crippen LogP contribution in [0.4, 0.5) is 0 Å². The number of morpholine rings is 1. The van der Waals surface area contributed by atoms with Crippen LogP contribution in [0.3, 0.4) is 0 Å². The van der Waals surface area contributed by atoms with E-state index < -0.39 is 0 Å². The number of halogens is 1. The van der Waals surface area contributed by atoms with Crippen LogP contribution in [0.15, 0.2) is 0 Å². The predicted octanol–water partition coefficient (Wildman–Crippen LogP) is 2.49. The lowest BCUT2D eigenvalue weighted by Gasteiger charge is -2.41. The van der Waals surface area contributed by atoms with E-state index >= 15 is 0 Å². The molecule has 3 aliphatic rings. The zero-order chi connectivity index (χ0) is 14.0. The minimum absolute atomic E-state index is 0. The molecule has 0 aromatic rings. The van der Waals surface area contributed by atoms with E-state index in [9.17, 15) is 4.79 Å². The summed E-state index contributed by atoms with van der Waals surface area (Å²) in [6, 6.07) is 0.342. The van der Waals surface area contributed by atoms with Gasteiger partial charge >= 0.3 is 0 Å². The van der Waals surface area contributed by atoms with Gasteiger partial charge in [-0.05, 0) is 44.1 Å². The van der Waals surface area contributed by atoms with Crippen LogP contribution >= 0.6 is 12.4 Å². The number of nitrogens with zero attached hydrogens (tertiary/aromatic N) is 1. The Morgan fingerprint density at radius 3 is 2.67 bits per heavy atom. The molecule has 4 nitrogen and oxygen atoms in total. The third-order valence-corrected chi connectivity index (χ3v) is 5.68. The molecule has 3 fully saturated rings. The topological polar surface area (TPSA) is 55.6 Å². The highest BCUT2D eigenvalue weighted by Gasteiger charge is 2.41. The van der Waals surface area contributed by atoms with Crippen LogP contribution in [0.5, 0.6) is 0 Å². The maximum Gasteiger partial charge on any atom is 0.223 e. The first-order valence-electron chi connectivity index (χ1n) is 8.35. The molecule has 2 saturated carbocycles. The minimum Gasteiger partial charge on any atom is -0.374 e. The Balaban J connectivity index is 0.00000161. The first kappa shape index (κ1) is 17.0. The largest absolute Gasteiger partial charge is 0.374 e. The summed E-state index contributed by atoms with van der Waals surface area (Å²) in [4.78, 5) is 14.9. The van der Waals surface area contributed by atoms with Crippen LogP contribution in [0, 0.1) is 5.41 Å². The third-order valence-electron chi connectivity index (χ3n) is 5.68. The Labute approximate surface area is 134 Å². The van der Waals surface area contributed by atoms with Crippen molar-refractivity contribution in [2.45, 2.75) is 69.9 Å². The molecule has 1 heterocycles. The van der Waals surface area contributed by atoms with Gasteiger partial charge in [-0.2, -0.15) is 0 Å². The Hall–Kier alpha value is -0.320.